The zero-order valence-electron chi connectivity index (χ0n) is 12.2. The van der Waals surface area contributed by atoms with E-state index in [2.05, 4.69) is 26.7 Å². The lowest BCUT2D eigenvalue weighted by Gasteiger charge is -2.08. The van der Waals surface area contributed by atoms with E-state index in [1.165, 1.54) is 0 Å². The van der Waals surface area contributed by atoms with Crippen LogP contribution in [-0.2, 0) is 0 Å². The van der Waals surface area contributed by atoms with Crippen molar-refractivity contribution in [1.82, 2.24) is 9.97 Å². The third-order valence-corrected chi connectivity index (χ3v) is 3.30. The summed E-state index contributed by atoms with van der Waals surface area (Å²) in [5.41, 5.74) is 3.48. The highest BCUT2D eigenvalue weighted by molar-refractivity contribution is 6.04. The van der Waals surface area contributed by atoms with Crippen LogP contribution in [-0.4, -0.2) is 21.9 Å². The summed E-state index contributed by atoms with van der Waals surface area (Å²) in [5, 5.41) is 6.07. The molecule has 108 valence electrons. The molecular formula is C16H18N4O. The van der Waals surface area contributed by atoms with Crippen LogP contribution in [0.25, 0.3) is 0 Å². The predicted molar refractivity (Wildman–Crippen MR) is 82.5 cm³/mol. The van der Waals surface area contributed by atoms with Crippen LogP contribution in [0, 0.1) is 13.8 Å². The van der Waals surface area contributed by atoms with Crippen LogP contribution in [0.1, 0.15) is 34.3 Å². The molecule has 0 aliphatic heterocycles. The molecule has 0 radical (unpaired) electrons. The van der Waals surface area contributed by atoms with E-state index in [1.54, 1.807) is 12.4 Å². The van der Waals surface area contributed by atoms with Crippen molar-refractivity contribution in [2.24, 2.45) is 0 Å². The van der Waals surface area contributed by atoms with E-state index in [0.29, 0.717) is 17.6 Å². The number of hydrogen-bond donors (Lipinski definition) is 2. The zero-order valence-corrected chi connectivity index (χ0v) is 12.2. The summed E-state index contributed by atoms with van der Waals surface area (Å²) in [4.78, 5) is 20.5. The minimum absolute atomic E-state index is 0.196. The molecule has 0 atom stereocenters. The molecule has 1 aliphatic carbocycles. The molecule has 5 heteroatoms. The van der Waals surface area contributed by atoms with Gasteiger partial charge < -0.3 is 10.6 Å². The average Bonchev–Trinajstić information content (AvgIpc) is 3.22. The molecule has 0 spiro atoms. The lowest BCUT2D eigenvalue weighted by molar-refractivity contribution is 0.102. The summed E-state index contributed by atoms with van der Waals surface area (Å²) in [6.07, 6.45) is 5.43. The van der Waals surface area contributed by atoms with E-state index in [4.69, 9.17) is 0 Å². The Labute approximate surface area is 123 Å². The van der Waals surface area contributed by atoms with Gasteiger partial charge in [0, 0.05) is 24.1 Å². The number of anilines is 2. The number of carbonyl (C=O) groups excluding carboxylic acids is 1. The van der Waals surface area contributed by atoms with Gasteiger partial charge in [-0.3, -0.25) is 4.79 Å². The molecule has 3 rings (SSSR count). The number of amides is 1. The Balaban J connectivity index is 1.69. The van der Waals surface area contributed by atoms with Crippen LogP contribution in [0.4, 0.5) is 11.6 Å². The Morgan fingerprint density at radius 1 is 1.10 bits per heavy atom. The Hall–Kier alpha value is -2.43. The first-order valence-electron chi connectivity index (χ1n) is 7.08. The number of benzene rings is 1. The second kappa shape index (κ2) is 5.52. The number of carbonyl (C=O) groups is 1. The van der Waals surface area contributed by atoms with E-state index in [-0.39, 0.29) is 5.91 Å². The van der Waals surface area contributed by atoms with Crippen molar-refractivity contribution in [2.45, 2.75) is 32.7 Å². The highest BCUT2D eigenvalue weighted by Crippen LogP contribution is 2.22. The highest BCUT2D eigenvalue weighted by atomic mass is 16.1. The fourth-order valence-corrected chi connectivity index (χ4v) is 2.18. The standard InChI is InChI=1S/C16H18N4O/c1-10-5-11(2)7-14(6-10)19-15(21)12-8-17-16(18-9-12)20-13-3-4-13/h5-9,13H,3-4H2,1-2H3,(H,19,21)(H,17,18,20). The minimum Gasteiger partial charge on any atom is -0.351 e. The predicted octanol–water partition coefficient (Wildman–Crippen LogP) is 2.92. The van der Waals surface area contributed by atoms with Crippen LogP contribution in [0.2, 0.25) is 0 Å². The van der Waals surface area contributed by atoms with Crippen molar-refractivity contribution in [1.29, 1.82) is 0 Å². The molecule has 1 aromatic heterocycles. The third-order valence-electron chi connectivity index (χ3n) is 3.30. The van der Waals surface area contributed by atoms with Crippen molar-refractivity contribution >= 4 is 17.5 Å². The monoisotopic (exact) mass is 282 g/mol. The smallest absolute Gasteiger partial charge is 0.258 e. The van der Waals surface area contributed by atoms with E-state index < -0.39 is 0 Å². The Morgan fingerprint density at radius 2 is 1.71 bits per heavy atom. The summed E-state index contributed by atoms with van der Waals surface area (Å²) < 4.78 is 0. The number of rotatable bonds is 4. The number of nitrogens with one attached hydrogen (secondary N) is 2. The summed E-state index contributed by atoms with van der Waals surface area (Å²) in [6.45, 7) is 4.01. The molecule has 0 saturated heterocycles. The van der Waals surface area contributed by atoms with Gasteiger partial charge in [-0.1, -0.05) is 6.07 Å². The SMILES string of the molecule is Cc1cc(C)cc(NC(=O)c2cnc(NC3CC3)nc2)c1. The van der Waals surface area contributed by atoms with Gasteiger partial charge in [-0.25, -0.2) is 9.97 Å². The molecule has 1 amide bonds. The first-order chi connectivity index (χ1) is 10.1. The van der Waals surface area contributed by atoms with Crippen molar-refractivity contribution < 1.29 is 4.79 Å². The van der Waals surface area contributed by atoms with Gasteiger partial charge >= 0.3 is 0 Å². The summed E-state index contributed by atoms with van der Waals surface area (Å²) in [6, 6.07) is 6.45. The number of nitrogens with zero attached hydrogens (tertiary/aromatic N) is 2. The summed E-state index contributed by atoms with van der Waals surface area (Å²) in [5.74, 6) is 0.387. The van der Waals surface area contributed by atoms with Crippen molar-refractivity contribution in [3.8, 4) is 0 Å². The van der Waals surface area contributed by atoms with Gasteiger partial charge in [0.1, 0.15) is 0 Å². The van der Waals surface area contributed by atoms with Gasteiger partial charge in [-0.05, 0) is 49.9 Å². The maximum atomic E-state index is 12.2. The second-order valence-corrected chi connectivity index (χ2v) is 5.54. The summed E-state index contributed by atoms with van der Waals surface area (Å²) >= 11 is 0. The normalized spacial score (nSPS) is 13.8. The Morgan fingerprint density at radius 3 is 2.29 bits per heavy atom. The first-order valence-corrected chi connectivity index (χ1v) is 7.08. The van der Waals surface area contributed by atoms with Crippen LogP contribution >= 0.6 is 0 Å². The summed E-state index contributed by atoms with van der Waals surface area (Å²) in [7, 11) is 0. The zero-order chi connectivity index (χ0) is 14.8. The van der Waals surface area contributed by atoms with Crippen molar-refractivity contribution in [3.05, 3.63) is 47.3 Å². The molecule has 1 saturated carbocycles. The third kappa shape index (κ3) is 3.56. The molecular weight excluding hydrogens is 264 g/mol. The molecule has 0 unspecified atom stereocenters. The molecule has 5 nitrogen and oxygen atoms in total. The van der Waals surface area contributed by atoms with E-state index in [1.807, 2.05) is 26.0 Å². The molecule has 1 heterocycles. The maximum absolute atomic E-state index is 12.2. The van der Waals surface area contributed by atoms with E-state index in [9.17, 15) is 4.79 Å². The second-order valence-electron chi connectivity index (χ2n) is 5.54. The number of aryl methyl sites for hydroxylation is 2. The molecule has 2 aromatic rings. The van der Waals surface area contributed by atoms with Crippen LogP contribution < -0.4 is 10.6 Å². The van der Waals surface area contributed by atoms with Crippen LogP contribution in [0.3, 0.4) is 0 Å². The van der Waals surface area contributed by atoms with Crippen LogP contribution in [0.15, 0.2) is 30.6 Å². The van der Waals surface area contributed by atoms with Gasteiger partial charge in [0.2, 0.25) is 5.95 Å². The lowest BCUT2D eigenvalue weighted by Crippen LogP contribution is -2.14. The minimum atomic E-state index is -0.196. The van der Waals surface area contributed by atoms with Gasteiger partial charge in [-0.2, -0.15) is 0 Å². The maximum Gasteiger partial charge on any atom is 0.258 e. The molecule has 1 fully saturated rings. The fourth-order valence-electron chi connectivity index (χ4n) is 2.18. The topological polar surface area (TPSA) is 66.9 Å². The van der Waals surface area contributed by atoms with Gasteiger partial charge in [0.15, 0.2) is 0 Å². The molecule has 1 aliphatic rings. The fraction of sp³-hybridized carbons (Fsp3) is 0.312. The van der Waals surface area contributed by atoms with E-state index >= 15 is 0 Å². The number of hydrogen-bond acceptors (Lipinski definition) is 4. The van der Waals surface area contributed by atoms with E-state index in [0.717, 1.165) is 29.7 Å². The molecule has 21 heavy (non-hydrogen) atoms. The highest BCUT2D eigenvalue weighted by Gasteiger charge is 2.21. The largest absolute Gasteiger partial charge is 0.351 e. The molecule has 0 bridgehead atoms. The van der Waals surface area contributed by atoms with Crippen LogP contribution in [0.5, 0.6) is 0 Å². The Bertz CT molecular complexity index is 642. The van der Waals surface area contributed by atoms with Gasteiger partial charge in [-0.15, -0.1) is 0 Å². The molecule has 1 aromatic carbocycles. The Kier molecular flexibility index (Phi) is 3.56. The lowest BCUT2D eigenvalue weighted by atomic mass is 10.1. The average molecular weight is 282 g/mol. The van der Waals surface area contributed by atoms with Crippen molar-refractivity contribution in [3.63, 3.8) is 0 Å². The number of aromatic nitrogens is 2. The van der Waals surface area contributed by atoms with Crippen molar-refractivity contribution in [2.75, 3.05) is 10.6 Å². The first kappa shape index (κ1) is 13.5. The van der Waals surface area contributed by atoms with Gasteiger partial charge in [0.05, 0.1) is 5.56 Å². The quantitative estimate of drug-likeness (QED) is 0.904. The molecule has 2 N–H and O–H groups in total. The van der Waals surface area contributed by atoms with Gasteiger partial charge in [0.25, 0.3) is 5.91 Å².